The largest absolute Gasteiger partial charge is 0.295 e. The Labute approximate surface area is 138 Å². The average Bonchev–Trinajstić information content (AvgIpc) is 2.01. The monoisotopic (exact) mass is 284 g/mol. The fraction of sp³-hybridized carbons (Fsp3) is 0. The molecule has 0 saturated heterocycles. The minimum atomic E-state index is -4.66. The Hall–Kier alpha value is 1.04. The predicted molar refractivity (Wildman–Crippen MR) is 57.6 cm³/mol. The summed E-state index contributed by atoms with van der Waals surface area (Å²) in [5.74, 6) is 0. The average molecular weight is 284 g/mol. The van der Waals surface area contributed by atoms with E-state index in [1.165, 1.54) is 12.1 Å². The topological polar surface area (TPSA) is 109 Å². The van der Waals surface area contributed by atoms with Crippen molar-refractivity contribution in [2.45, 2.75) is 9.79 Å². The summed E-state index contributed by atoms with van der Waals surface area (Å²) in [6, 6.07) is 4.19. The van der Waals surface area contributed by atoms with E-state index in [-0.39, 0.29) is 59.1 Å². The van der Waals surface area contributed by atoms with Crippen LogP contribution in [0.5, 0.6) is 0 Å². The van der Waals surface area contributed by atoms with Gasteiger partial charge in [0.05, 0.1) is 0 Å². The first-order valence-electron chi connectivity index (χ1n) is 3.27. The van der Waals surface area contributed by atoms with E-state index in [2.05, 4.69) is 0 Å². The number of rotatable bonds is 2. The zero-order chi connectivity index (χ0) is 11.0. The molecule has 0 amide bonds. The van der Waals surface area contributed by atoms with Gasteiger partial charge in [0.15, 0.2) is 0 Å². The van der Waals surface area contributed by atoms with E-state index < -0.39 is 30.0 Å². The van der Waals surface area contributed by atoms with Gasteiger partial charge in [0.1, 0.15) is 9.79 Å². The molecule has 0 aliphatic rings. The third-order valence-electron chi connectivity index (χ3n) is 1.40. The molecule has 0 unspecified atom stereocenters. The van der Waals surface area contributed by atoms with Gasteiger partial charge >= 0.3 is 0 Å². The Morgan fingerprint density at radius 2 is 1.00 bits per heavy atom. The van der Waals surface area contributed by atoms with Crippen molar-refractivity contribution in [2.75, 3.05) is 0 Å². The van der Waals surface area contributed by atoms with E-state index in [9.17, 15) is 16.8 Å². The molecule has 2 radical (unpaired) electrons. The molecule has 0 aromatic heterocycles. The summed E-state index contributed by atoms with van der Waals surface area (Å²) in [5, 5.41) is 0. The maximum atomic E-state index is 10.7. The zero-order valence-electron chi connectivity index (χ0n) is 8.65. The van der Waals surface area contributed by atoms with E-state index in [0.29, 0.717) is 0 Å². The summed E-state index contributed by atoms with van der Waals surface area (Å²) in [6.07, 6.45) is 0. The molecule has 0 atom stereocenters. The number of hydrogen-bond donors (Lipinski definition) is 2. The van der Waals surface area contributed by atoms with Crippen LogP contribution in [0.4, 0.5) is 0 Å². The van der Waals surface area contributed by atoms with Crippen LogP contribution < -0.4 is 0 Å². The van der Waals surface area contributed by atoms with Gasteiger partial charge in [0.2, 0.25) is 0 Å². The van der Waals surface area contributed by atoms with Gasteiger partial charge in [0.25, 0.3) is 20.2 Å². The van der Waals surface area contributed by atoms with Gasteiger partial charge in [-0.05, 0) is 12.1 Å². The van der Waals surface area contributed by atoms with Crippen LogP contribution >= 0.6 is 0 Å². The van der Waals surface area contributed by atoms with E-state index >= 15 is 0 Å². The fourth-order valence-corrected chi connectivity index (χ4v) is 2.65. The van der Waals surface area contributed by atoms with E-state index in [1.807, 2.05) is 0 Å². The summed E-state index contributed by atoms with van der Waals surface area (Å²) in [7, 11) is -9.31. The van der Waals surface area contributed by atoms with Gasteiger partial charge in [-0.1, -0.05) is 12.1 Å². The molecule has 0 spiro atoms. The van der Waals surface area contributed by atoms with Crippen molar-refractivity contribution < 1.29 is 25.9 Å². The minimum absolute atomic E-state index is 0. The first-order valence-corrected chi connectivity index (χ1v) is 6.15. The third kappa shape index (κ3) is 5.13. The molecule has 2 N–H and O–H groups in total. The van der Waals surface area contributed by atoms with E-state index in [0.717, 1.165) is 12.1 Å². The molecule has 0 fully saturated rings. The van der Waals surface area contributed by atoms with Crippen molar-refractivity contribution in [3.63, 3.8) is 0 Å². The third-order valence-corrected chi connectivity index (χ3v) is 3.36. The molecule has 1 aromatic rings. The van der Waals surface area contributed by atoms with Crippen molar-refractivity contribution in [3.8, 4) is 0 Å². The first-order chi connectivity index (χ1) is 6.23. The molecule has 6 nitrogen and oxygen atoms in total. The SMILES string of the molecule is O=S(=O)(O)c1ccccc1S(=O)(=O)O.[Na].[Na]. The van der Waals surface area contributed by atoms with Crippen LogP contribution in [0.1, 0.15) is 0 Å². The molecule has 0 heterocycles. The predicted octanol–water partition coefficient (Wildman–Crippen LogP) is -0.582. The molecule has 0 bridgehead atoms. The molecule has 80 valence electrons. The summed E-state index contributed by atoms with van der Waals surface area (Å²) < 4.78 is 60.0. The van der Waals surface area contributed by atoms with Crippen molar-refractivity contribution in [1.29, 1.82) is 0 Å². The molecule has 1 aromatic carbocycles. The normalized spacial score (nSPS) is 11.1. The standard InChI is InChI=1S/C6H6O6S2.2Na/c7-13(8,9)5-3-1-2-4-6(5)14(10,11)12;;/h1-4H,(H,7,8,9)(H,10,11,12);;. The Kier molecular flexibility index (Phi) is 8.28. The van der Waals surface area contributed by atoms with Crippen LogP contribution in [0.2, 0.25) is 0 Å². The minimum Gasteiger partial charge on any atom is -0.282 e. The van der Waals surface area contributed by atoms with Crippen LogP contribution in [0.3, 0.4) is 0 Å². The van der Waals surface area contributed by atoms with Crippen molar-refractivity contribution in [2.24, 2.45) is 0 Å². The van der Waals surface area contributed by atoms with E-state index in [1.54, 1.807) is 0 Å². The Morgan fingerprint density at radius 1 is 0.750 bits per heavy atom. The van der Waals surface area contributed by atoms with Crippen LogP contribution in [0.25, 0.3) is 0 Å². The second kappa shape index (κ2) is 6.83. The second-order valence-electron chi connectivity index (χ2n) is 2.40. The van der Waals surface area contributed by atoms with Gasteiger partial charge in [-0.15, -0.1) is 0 Å². The van der Waals surface area contributed by atoms with E-state index in [4.69, 9.17) is 9.11 Å². The molecular weight excluding hydrogens is 278 g/mol. The molecule has 16 heavy (non-hydrogen) atoms. The Morgan fingerprint density at radius 3 is 1.19 bits per heavy atom. The maximum Gasteiger partial charge on any atom is 0.295 e. The summed E-state index contributed by atoms with van der Waals surface area (Å²) in [6.45, 7) is 0. The molecule has 1 rings (SSSR count). The molecule has 0 aliphatic heterocycles. The molecule has 0 saturated carbocycles. The maximum absolute atomic E-state index is 10.7. The van der Waals surface area contributed by atoms with Crippen LogP contribution in [0, 0.1) is 0 Å². The molecule has 0 aliphatic carbocycles. The second-order valence-corrected chi connectivity index (χ2v) is 5.18. The number of benzene rings is 1. The summed E-state index contributed by atoms with van der Waals surface area (Å²) in [4.78, 5) is -1.69. The Bertz CT molecular complexity index is 499. The Balaban J connectivity index is 0. The van der Waals surface area contributed by atoms with Crippen molar-refractivity contribution >= 4 is 79.4 Å². The fourth-order valence-electron chi connectivity index (χ4n) is 0.876. The van der Waals surface area contributed by atoms with Crippen molar-refractivity contribution in [1.82, 2.24) is 0 Å². The smallest absolute Gasteiger partial charge is 0.282 e. The van der Waals surface area contributed by atoms with Crippen LogP contribution in [0.15, 0.2) is 34.1 Å². The van der Waals surface area contributed by atoms with Crippen LogP contribution in [-0.4, -0.2) is 85.1 Å². The molecular formula is C6H6Na2O6S2. The van der Waals surface area contributed by atoms with Gasteiger partial charge < -0.3 is 0 Å². The van der Waals surface area contributed by atoms with Crippen molar-refractivity contribution in [3.05, 3.63) is 24.3 Å². The van der Waals surface area contributed by atoms with Gasteiger partial charge in [0, 0.05) is 59.1 Å². The zero-order valence-corrected chi connectivity index (χ0v) is 14.3. The molecule has 10 heteroatoms. The van der Waals surface area contributed by atoms with Gasteiger partial charge in [-0.25, -0.2) is 0 Å². The summed E-state index contributed by atoms with van der Waals surface area (Å²) in [5.41, 5.74) is 0. The summed E-state index contributed by atoms with van der Waals surface area (Å²) >= 11 is 0. The number of hydrogen-bond acceptors (Lipinski definition) is 4. The quantitative estimate of drug-likeness (QED) is 0.555. The van der Waals surface area contributed by atoms with Crippen LogP contribution in [-0.2, 0) is 20.2 Å². The first kappa shape index (κ1) is 19.4. The van der Waals surface area contributed by atoms with Gasteiger partial charge in [-0.2, -0.15) is 16.8 Å². The van der Waals surface area contributed by atoms with Gasteiger partial charge in [-0.3, -0.25) is 9.11 Å².